The molecule has 2 N–H and O–H groups in total. The van der Waals surface area contributed by atoms with E-state index in [4.69, 9.17) is 19.3 Å². The van der Waals surface area contributed by atoms with E-state index in [-0.39, 0.29) is 5.91 Å². The molecule has 3 rings (SSSR count). The van der Waals surface area contributed by atoms with Crippen molar-refractivity contribution < 1.29 is 28.9 Å². The first-order chi connectivity index (χ1) is 16.0. The molecule has 0 unspecified atom stereocenters. The van der Waals surface area contributed by atoms with Crippen molar-refractivity contribution in [3.8, 4) is 17.2 Å². The van der Waals surface area contributed by atoms with Crippen molar-refractivity contribution in [2.75, 3.05) is 13.2 Å². The zero-order chi connectivity index (χ0) is 23.5. The number of carboxylic acids is 1. The average Bonchev–Trinajstić information content (AvgIpc) is 2.83. The Morgan fingerprint density at radius 3 is 2.24 bits per heavy atom. The van der Waals surface area contributed by atoms with Crippen LogP contribution in [0.1, 0.15) is 28.4 Å². The predicted octanol–water partition coefficient (Wildman–Crippen LogP) is 3.89. The molecule has 0 aliphatic carbocycles. The highest BCUT2D eigenvalue weighted by Crippen LogP contribution is 2.19. The standard InChI is InChI=1S/C25H24N2O6/c1-2-31-21-11-13-22(14-12-21)32-16-18-7-9-19(10-8-18)25(30)27-26-15-20-5-3-4-6-23(20)33-17-24(28)29/h3-15H,2,16-17H2,1H3,(H,27,30)(H,28,29)/b26-15-. The Labute approximate surface area is 191 Å². The molecule has 33 heavy (non-hydrogen) atoms. The van der Waals surface area contributed by atoms with Crippen LogP contribution in [-0.2, 0) is 11.4 Å². The molecule has 0 fully saturated rings. The molecule has 0 aromatic heterocycles. The molecule has 0 bridgehead atoms. The molecule has 0 atom stereocenters. The van der Waals surface area contributed by atoms with Gasteiger partial charge < -0.3 is 19.3 Å². The minimum atomic E-state index is -1.08. The molecule has 3 aromatic carbocycles. The average molecular weight is 448 g/mol. The minimum Gasteiger partial charge on any atom is -0.494 e. The number of nitrogens with one attached hydrogen (secondary N) is 1. The number of amides is 1. The van der Waals surface area contributed by atoms with Crippen molar-refractivity contribution in [2.45, 2.75) is 13.5 Å². The van der Waals surface area contributed by atoms with Gasteiger partial charge in [-0.2, -0.15) is 5.10 Å². The molecule has 8 nitrogen and oxygen atoms in total. The largest absolute Gasteiger partial charge is 0.494 e. The molecule has 0 radical (unpaired) electrons. The van der Waals surface area contributed by atoms with Crippen molar-refractivity contribution in [2.24, 2.45) is 5.10 Å². The fourth-order valence-electron chi connectivity index (χ4n) is 2.80. The zero-order valence-electron chi connectivity index (χ0n) is 18.1. The number of rotatable bonds is 11. The van der Waals surface area contributed by atoms with Crippen LogP contribution in [0.2, 0.25) is 0 Å². The van der Waals surface area contributed by atoms with Crippen LogP contribution in [-0.4, -0.2) is 36.4 Å². The number of hydrogen-bond donors (Lipinski definition) is 2. The highest BCUT2D eigenvalue weighted by molar-refractivity contribution is 5.95. The van der Waals surface area contributed by atoms with E-state index in [9.17, 15) is 9.59 Å². The number of carbonyl (C=O) groups excluding carboxylic acids is 1. The third kappa shape index (κ3) is 7.39. The summed E-state index contributed by atoms with van der Waals surface area (Å²) in [6.45, 7) is 2.44. The Bertz CT molecular complexity index is 1090. The van der Waals surface area contributed by atoms with Gasteiger partial charge in [-0.15, -0.1) is 0 Å². The third-order valence-corrected chi connectivity index (χ3v) is 4.40. The van der Waals surface area contributed by atoms with Crippen LogP contribution < -0.4 is 19.6 Å². The smallest absolute Gasteiger partial charge is 0.341 e. The van der Waals surface area contributed by atoms with Gasteiger partial charge in [0.15, 0.2) is 6.61 Å². The molecule has 0 saturated heterocycles. The molecular weight excluding hydrogens is 424 g/mol. The second-order valence-electron chi connectivity index (χ2n) is 6.81. The van der Waals surface area contributed by atoms with Crippen molar-refractivity contribution in [1.29, 1.82) is 0 Å². The van der Waals surface area contributed by atoms with Gasteiger partial charge >= 0.3 is 5.97 Å². The lowest BCUT2D eigenvalue weighted by atomic mass is 10.1. The van der Waals surface area contributed by atoms with E-state index in [0.29, 0.717) is 30.1 Å². The van der Waals surface area contributed by atoms with E-state index in [0.717, 1.165) is 17.1 Å². The topological polar surface area (TPSA) is 106 Å². The normalized spacial score (nSPS) is 10.6. The van der Waals surface area contributed by atoms with E-state index >= 15 is 0 Å². The first kappa shape index (κ1) is 23.3. The Balaban J connectivity index is 1.51. The maximum Gasteiger partial charge on any atom is 0.341 e. The number of nitrogens with zero attached hydrogens (tertiary/aromatic N) is 1. The lowest BCUT2D eigenvalue weighted by molar-refractivity contribution is -0.139. The molecule has 3 aromatic rings. The van der Waals surface area contributed by atoms with Gasteiger partial charge in [-0.1, -0.05) is 24.3 Å². The lowest BCUT2D eigenvalue weighted by Gasteiger charge is -2.08. The van der Waals surface area contributed by atoms with Crippen LogP contribution in [0, 0.1) is 0 Å². The minimum absolute atomic E-state index is 0.356. The summed E-state index contributed by atoms with van der Waals surface area (Å²) in [6.07, 6.45) is 1.40. The molecular formula is C25H24N2O6. The second kappa shape index (κ2) is 11.9. The monoisotopic (exact) mass is 448 g/mol. The number of aliphatic carboxylic acids is 1. The second-order valence-corrected chi connectivity index (χ2v) is 6.81. The van der Waals surface area contributed by atoms with Crippen LogP contribution in [0.3, 0.4) is 0 Å². The maximum atomic E-state index is 12.3. The summed E-state index contributed by atoms with van der Waals surface area (Å²) >= 11 is 0. The van der Waals surface area contributed by atoms with Crippen molar-refractivity contribution in [1.82, 2.24) is 5.43 Å². The molecule has 0 heterocycles. The summed E-state index contributed by atoms with van der Waals surface area (Å²) in [5.74, 6) is 0.411. The first-order valence-corrected chi connectivity index (χ1v) is 10.3. The molecule has 170 valence electrons. The van der Waals surface area contributed by atoms with E-state index in [1.54, 1.807) is 36.4 Å². The highest BCUT2D eigenvalue weighted by Gasteiger charge is 2.06. The fourth-order valence-corrected chi connectivity index (χ4v) is 2.80. The van der Waals surface area contributed by atoms with Crippen LogP contribution in [0.4, 0.5) is 0 Å². The highest BCUT2D eigenvalue weighted by atomic mass is 16.5. The lowest BCUT2D eigenvalue weighted by Crippen LogP contribution is -2.17. The van der Waals surface area contributed by atoms with E-state index in [1.807, 2.05) is 43.3 Å². The summed E-state index contributed by atoms with van der Waals surface area (Å²) in [5, 5.41) is 12.7. The summed E-state index contributed by atoms with van der Waals surface area (Å²) in [7, 11) is 0. The molecule has 8 heteroatoms. The van der Waals surface area contributed by atoms with Gasteiger partial charge in [-0.3, -0.25) is 4.79 Å². The summed E-state index contributed by atoms with van der Waals surface area (Å²) in [4.78, 5) is 23.0. The van der Waals surface area contributed by atoms with Gasteiger partial charge in [0.05, 0.1) is 12.8 Å². The summed E-state index contributed by atoms with van der Waals surface area (Å²) in [5.41, 5.74) is 4.34. The fraction of sp³-hybridized carbons (Fsp3) is 0.160. The van der Waals surface area contributed by atoms with Gasteiger partial charge in [0.25, 0.3) is 5.91 Å². The SMILES string of the molecule is CCOc1ccc(OCc2ccc(C(=O)N/N=C\c3ccccc3OCC(=O)O)cc2)cc1. The van der Waals surface area contributed by atoms with Crippen LogP contribution >= 0.6 is 0 Å². The van der Waals surface area contributed by atoms with E-state index < -0.39 is 12.6 Å². The van der Waals surface area contributed by atoms with E-state index in [1.165, 1.54) is 6.21 Å². The molecule has 0 spiro atoms. The Kier molecular flexibility index (Phi) is 8.41. The van der Waals surface area contributed by atoms with Gasteiger partial charge in [-0.05, 0) is 61.0 Å². The summed E-state index contributed by atoms with van der Waals surface area (Å²) < 4.78 is 16.4. The van der Waals surface area contributed by atoms with Gasteiger partial charge in [0.1, 0.15) is 23.9 Å². The summed E-state index contributed by atoms with van der Waals surface area (Å²) in [6, 6.07) is 21.2. The van der Waals surface area contributed by atoms with Gasteiger partial charge in [0.2, 0.25) is 0 Å². The van der Waals surface area contributed by atoms with Gasteiger partial charge in [0, 0.05) is 11.1 Å². The maximum absolute atomic E-state index is 12.3. The van der Waals surface area contributed by atoms with Crippen molar-refractivity contribution >= 4 is 18.1 Å². The number of carbonyl (C=O) groups is 2. The van der Waals surface area contributed by atoms with Crippen molar-refractivity contribution in [3.63, 3.8) is 0 Å². The number of hydrazone groups is 1. The number of para-hydroxylation sites is 1. The molecule has 0 saturated carbocycles. The third-order valence-electron chi connectivity index (χ3n) is 4.40. The zero-order valence-corrected chi connectivity index (χ0v) is 18.1. The Morgan fingerprint density at radius 2 is 1.58 bits per heavy atom. The Morgan fingerprint density at radius 1 is 0.909 bits per heavy atom. The number of benzene rings is 3. The Hall–Kier alpha value is -4.33. The number of carboxylic acid groups (broad SMARTS) is 1. The van der Waals surface area contributed by atoms with Crippen molar-refractivity contribution in [3.05, 3.63) is 89.5 Å². The number of hydrogen-bond acceptors (Lipinski definition) is 6. The molecule has 0 aliphatic heterocycles. The predicted molar refractivity (Wildman–Crippen MR) is 123 cm³/mol. The van der Waals surface area contributed by atoms with Gasteiger partial charge in [-0.25, -0.2) is 10.2 Å². The van der Waals surface area contributed by atoms with Crippen LogP contribution in [0.5, 0.6) is 17.2 Å². The number of ether oxygens (including phenoxy) is 3. The quantitative estimate of drug-likeness (QED) is 0.340. The molecule has 1 amide bonds. The van der Waals surface area contributed by atoms with Crippen LogP contribution in [0.25, 0.3) is 0 Å². The first-order valence-electron chi connectivity index (χ1n) is 10.3. The van der Waals surface area contributed by atoms with E-state index in [2.05, 4.69) is 10.5 Å². The van der Waals surface area contributed by atoms with Crippen LogP contribution in [0.15, 0.2) is 77.9 Å². The molecule has 0 aliphatic rings.